The van der Waals surface area contributed by atoms with Crippen LogP contribution in [0.5, 0.6) is 0 Å². The van der Waals surface area contributed by atoms with E-state index in [1.54, 1.807) is 30.0 Å². The lowest BCUT2D eigenvalue weighted by atomic mass is 10.2. The first-order valence-electron chi connectivity index (χ1n) is 5.47. The maximum atomic E-state index is 11.9. The zero-order chi connectivity index (χ0) is 12.5. The van der Waals surface area contributed by atoms with Crippen molar-refractivity contribution >= 4 is 34.5 Å². The molecule has 1 amide bonds. The molecule has 2 heterocycles. The van der Waals surface area contributed by atoms with Crippen LogP contribution in [0.4, 0.5) is 5.69 Å². The quantitative estimate of drug-likeness (QED) is 0.745. The summed E-state index contributed by atoms with van der Waals surface area (Å²) >= 11 is 1.69. The van der Waals surface area contributed by atoms with Crippen LogP contribution in [0.1, 0.15) is 0 Å². The normalized spacial score (nSPS) is 19.2. The minimum absolute atomic E-state index is 0.0720. The molecule has 0 aliphatic carbocycles. The second-order valence-corrected chi connectivity index (χ2v) is 5.02. The molecule has 1 saturated heterocycles. The zero-order valence-corrected chi connectivity index (χ0v) is 10.2. The number of fused-ring (bicyclic) bond motifs is 1. The van der Waals surface area contributed by atoms with Gasteiger partial charge in [-0.25, -0.2) is 4.79 Å². The Morgan fingerprint density at radius 2 is 2.39 bits per heavy atom. The highest BCUT2D eigenvalue weighted by atomic mass is 32.2. The van der Waals surface area contributed by atoms with Gasteiger partial charge in [0.05, 0.1) is 11.6 Å². The van der Waals surface area contributed by atoms with Crippen LogP contribution < -0.4 is 16.4 Å². The molecule has 3 N–H and O–H groups in total. The lowest BCUT2D eigenvalue weighted by Crippen LogP contribution is -2.37. The summed E-state index contributed by atoms with van der Waals surface area (Å²) in [4.78, 5) is 25.4. The van der Waals surface area contributed by atoms with Crippen LogP contribution in [0.25, 0.3) is 11.1 Å². The topological polar surface area (TPSA) is 87.1 Å². The van der Waals surface area contributed by atoms with Crippen molar-refractivity contribution < 1.29 is 9.21 Å². The van der Waals surface area contributed by atoms with Crippen LogP contribution in [0.15, 0.2) is 27.4 Å². The van der Waals surface area contributed by atoms with Crippen molar-refractivity contribution in [1.29, 1.82) is 0 Å². The van der Waals surface area contributed by atoms with E-state index in [4.69, 9.17) is 4.42 Å². The van der Waals surface area contributed by atoms with Gasteiger partial charge < -0.3 is 9.73 Å². The van der Waals surface area contributed by atoms with E-state index in [9.17, 15) is 9.59 Å². The summed E-state index contributed by atoms with van der Waals surface area (Å²) in [6, 6.07) is 4.90. The Balaban J connectivity index is 1.81. The highest BCUT2D eigenvalue weighted by molar-refractivity contribution is 7.99. The van der Waals surface area contributed by atoms with Crippen molar-refractivity contribution in [3.63, 3.8) is 0 Å². The minimum Gasteiger partial charge on any atom is -0.408 e. The number of nitrogens with one attached hydrogen (secondary N) is 3. The molecule has 7 heteroatoms. The summed E-state index contributed by atoms with van der Waals surface area (Å²) < 4.78 is 4.93. The third-order valence-electron chi connectivity index (χ3n) is 2.72. The first-order valence-corrected chi connectivity index (χ1v) is 6.63. The van der Waals surface area contributed by atoms with Crippen molar-refractivity contribution in [1.82, 2.24) is 10.3 Å². The maximum absolute atomic E-state index is 11.9. The number of aromatic amines is 1. The lowest BCUT2D eigenvalue weighted by Gasteiger charge is -2.10. The third kappa shape index (κ3) is 2.14. The molecule has 0 spiro atoms. The summed E-state index contributed by atoms with van der Waals surface area (Å²) in [6.45, 7) is 0. The van der Waals surface area contributed by atoms with E-state index >= 15 is 0 Å². The molecule has 2 aromatic rings. The Kier molecular flexibility index (Phi) is 2.85. The summed E-state index contributed by atoms with van der Waals surface area (Å²) in [5.41, 5.74) is 1.67. The van der Waals surface area contributed by atoms with Crippen LogP contribution in [-0.4, -0.2) is 28.6 Å². The number of benzene rings is 1. The van der Waals surface area contributed by atoms with Crippen LogP contribution in [-0.2, 0) is 4.79 Å². The molecule has 0 saturated carbocycles. The number of rotatable bonds is 2. The smallest absolute Gasteiger partial charge is 0.408 e. The van der Waals surface area contributed by atoms with Gasteiger partial charge in [0, 0.05) is 23.4 Å². The van der Waals surface area contributed by atoms with Gasteiger partial charge in [-0.05, 0) is 12.1 Å². The van der Waals surface area contributed by atoms with Crippen molar-refractivity contribution in [2.45, 2.75) is 6.04 Å². The molecule has 1 atom stereocenters. The Bertz CT molecular complexity index is 642. The number of hydrogen-bond donors (Lipinski definition) is 3. The van der Waals surface area contributed by atoms with Crippen molar-refractivity contribution in [2.24, 2.45) is 0 Å². The number of hydrogen-bond acceptors (Lipinski definition) is 5. The van der Waals surface area contributed by atoms with E-state index in [0.717, 1.165) is 11.6 Å². The average Bonchev–Trinajstić information content (AvgIpc) is 2.95. The summed E-state index contributed by atoms with van der Waals surface area (Å²) in [5.74, 6) is 0.997. The van der Waals surface area contributed by atoms with Crippen molar-refractivity contribution in [3.8, 4) is 0 Å². The second kappa shape index (κ2) is 4.51. The van der Waals surface area contributed by atoms with E-state index < -0.39 is 5.76 Å². The van der Waals surface area contributed by atoms with Gasteiger partial charge in [0.1, 0.15) is 0 Å². The number of carbonyl (C=O) groups is 1. The van der Waals surface area contributed by atoms with Gasteiger partial charge in [0.15, 0.2) is 5.58 Å². The van der Waals surface area contributed by atoms with Gasteiger partial charge >= 0.3 is 5.76 Å². The lowest BCUT2D eigenvalue weighted by molar-refractivity contribution is -0.117. The third-order valence-corrected chi connectivity index (χ3v) is 3.66. The Labute approximate surface area is 106 Å². The van der Waals surface area contributed by atoms with E-state index in [1.807, 2.05) is 0 Å². The predicted molar refractivity (Wildman–Crippen MR) is 69.7 cm³/mol. The molecular formula is C11H11N3O3S. The summed E-state index contributed by atoms with van der Waals surface area (Å²) in [5, 5.41) is 5.88. The van der Waals surface area contributed by atoms with E-state index in [0.29, 0.717) is 16.8 Å². The van der Waals surface area contributed by atoms with Gasteiger partial charge in [-0.1, -0.05) is 0 Å². The first kappa shape index (κ1) is 11.4. The highest BCUT2D eigenvalue weighted by Gasteiger charge is 2.22. The number of aromatic nitrogens is 1. The maximum Gasteiger partial charge on any atom is 0.417 e. The van der Waals surface area contributed by atoms with Gasteiger partial charge in [0.25, 0.3) is 0 Å². The summed E-state index contributed by atoms with van der Waals surface area (Å²) in [7, 11) is 0. The molecule has 3 rings (SSSR count). The van der Waals surface area contributed by atoms with Gasteiger partial charge in [-0.3, -0.25) is 15.1 Å². The molecule has 18 heavy (non-hydrogen) atoms. The number of anilines is 1. The van der Waals surface area contributed by atoms with Crippen LogP contribution in [0.2, 0.25) is 0 Å². The molecule has 6 nitrogen and oxygen atoms in total. The standard InChI is InChI=1S/C11H11N3O3S/c15-10(8-4-18-5-12-8)13-6-1-2-7-9(3-6)17-11(16)14-7/h1-3,8,12H,4-5H2,(H,13,15)(H,14,16). The molecule has 1 aromatic carbocycles. The number of carbonyl (C=O) groups excluding carboxylic acids is 1. The molecule has 0 bridgehead atoms. The zero-order valence-electron chi connectivity index (χ0n) is 9.36. The van der Waals surface area contributed by atoms with Crippen LogP contribution in [0, 0.1) is 0 Å². The fourth-order valence-electron chi connectivity index (χ4n) is 1.82. The van der Waals surface area contributed by atoms with E-state index in [2.05, 4.69) is 15.6 Å². The van der Waals surface area contributed by atoms with Crippen molar-refractivity contribution in [2.75, 3.05) is 16.9 Å². The van der Waals surface area contributed by atoms with Gasteiger partial charge in [-0.2, -0.15) is 0 Å². The molecule has 1 aliphatic heterocycles. The van der Waals surface area contributed by atoms with E-state index in [1.165, 1.54) is 0 Å². The first-order chi connectivity index (χ1) is 8.72. The Hall–Kier alpha value is -1.73. The van der Waals surface area contributed by atoms with Crippen molar-refractivity contribution in [3.05, 3.63) is 28.7 Å². The number of oxazole rings is 1. The Morgan fingerprint density at radius 3 is 3.17 bits per heavy atom. The fraction of sp³-hybridized carbons (Fsp3) is 0.273. The van der Waals surface area contributed by atoms with Gasteiger partial charge in [0.2, 0.25) is 5.91 Å². The largest absolute Gasteiger partial charge is 0.417 e. The monoisotopic (exact) mass is 265 g/mol. The molecule has 1 unspecified atom stereocenters. The molecular weight excluding hydrogens is 254 g/mol. The SMILES string of the molecule is O=C(Nc1ccc2[nH]c(=O)oc2c1)C1CSCN1. The molecule has 0 radical (unpaired) electrons. The molecule has 1 aromatic heterocycles. The summed E-state index contributed by atoms with van der Waals surface area (Å²) in [6.07, 6.45) is 0. The molecule has 1 fully saturated rings. The molecule has 1 aliphatic rings. The number of amides is 1. The second-order valence-electron chi connectivity index (χ2n) is 3.99. The van der Waals surface area contributed by atoms with Gasteiger partial charge in [-0.15, -0.1) is 11.8 Å². The Morgan fingerprint density at radius 1 is 1.50 bits per heavy atom. The van der Waals surface area contributed by atoms with Crippen LogP contribution in [0.3, 0.4) is 0 Å². The average molecular weight is 265 g/mol. The minimum atomic E-state index is -0.498. The molecule has 94 valence electrons. The van der Waals surface area contributed by atoms with E-state index in [-0.39, 0.29) is 11.9 Å². The highest BCUT2D eigenvalue weighted by Crippen LogP contribution is 2.17. The predicted octanol–water partition coefficient (Wildman–Crippen LogP) is 0.722. The van der Waals surface area contributed by atoms with Crippen LogP contribution >= 0.6 is 11.8 Å². The fourth-order valence-corrected chi connectivity index (χ4v) is 2.76. The number of thioether (sulfide) groups is 1. The number of H-pyrrole nitrogens is 1.